The molecule has 2 aliphatic heterocycles. The van der Waals surface area contributed by atoms with Crippen molar-refractivity contribution in [3.8, 4) is 0 Å². The van der Waals surface area contributed by atoms with E-state index in [0.29, 0.717) is 0 Å². The van der Waals surface area contributed by atoms with Crippen LogP contribution in [0.25, 0.3) is 0 Å². The van der Waals surface area contributed by atoms with E-state index in [1.165, 1.54) is 12.3 Å². The highest BCUT2D eigenvalue weighted by atomic mass is 15.3. The Labute approximate surface area is 78.8 Å². The van der Waals surface area contributed by atoms with Crippen LogP contribution in [-0.4, -0.2) is 30.5 Å². The van der Waals surface area contributed by atoms with Crippen LogP contribution in [0.15, 0.2) is 29.4 Å². The number of nitrogens with one attached hydrogen (secondary N) is 1. The Morgan fingerprint density at radius 3 is 3.23 bits per heavy atom. The van der Waals surface area contributed by atoms with Crippen LogP contribution in [0.2, 0.25) is 0 Å². The van der Waals surface area contributed by atoms with Gasteiger partial charge in [0.25, 0.3) is 0 Å². The van der Waals surface area contributed by atoms with E-state index >= 15 is 0 Å². The van der Waals surface area contributed by atoms with Crippen LogP contribution in [0, 0.1) is 0 Å². The summed E-state index contributed by atoms with van der Waals surface area (Å²) in [6.45, 7) is 3.21. The lowest BCUT2D eigenvalue weighted by atomic mass is 10.3. The third kappa shape index (κ3) is 2.18. The van der Waals surface area contributed by atoms with Gasteiger partial charge in [-0.2, -0.15) is 0 Å². The molecule has 2 heterocycles. The van der Waals surface area contributed by atoms with Crippen LogP contribution in [-0.2, 0) is 0 Å². The lowest BCUT2D eigenvalue weighted by Crippen LogP contribution is -2.44. The molecule has 1 N–H and O–H groups in total. The first-order chi connectivity index (χ1) is 6.47. The zero-order chi connectivity index (χ0) is 8.93. The van der Waals surface area contributed by atoms with E-state index in [4.69, 9.17) is 0 Å². The Hall–Kier alpha value is -1.09. The summed E-state index contributed by atoms with van der Waals surface area (Å²) in [5.41, 5.74) is 0. The van der Waals surface area contributed by atoms with Gasteiger partial charge >= 0.3 is 0 Å². The predicted octanol–water partition coefficient (Wildman–Crippen LogP) is 1.11. The second-order valence-electron chi connectivity index (χ2n) is 3.29. The largest absolute Gasteiger partial charge is 0.347 e. The highest BCUT2D eigenvalue weighted by Gasteiger charge is 2.12. The minimum atomic E-state index is 0.945. The van der Waals surface area contributed by atoms with Gasteiger partial charge < -0.3 is 4.90 Å². The first-order valence-corrected chi connectivity index (χ1v) is 4.81. The maximum Gasteiger partial charge on any atom is 0.109 e. The summed E-state index contributed by atoms with van der Waals surface area (Å²) < 4.78 is 0. The van der Waals surface area contributed by atoms with Gasteiger partial charge in [-0.1, -0.05) is 12.2 Å². The normalized spacial score (nSPS) is 22.8. The molecule has 0 unspecified atom stereocenters. The van der Waals surface area contributed by atoms with E-state index < -0.39 is 0 Å². The summed E-state index contributed by atoms with van der Waals surface area (Å²) in [5, 5.41) is 3.35. The molecule has 3 nitrogen and oxygen atoms in total. The molecule has 0 aromatic rings. The number of nitrogens with zero attached hydrogens (tertiary/aromatic N) is 2. The molecule has 0 amide bonds. The fourth-order valence-corrected chi connectivity index (χ4v) is 1.60. The molecule has 0 radical (unpaired) electrons. The predicted molar refractivity (Wildman–Crippen MR) is 54.5 cm³/mol. The average molecular weight is 177 g/mol. The lowest BCUT2D eigenvalue weighted by Gasteiger charge is -2.29. The van der Waals surface area contributed by atoms with Crippen molar-refractivity contribution in [3.63, 3.8) is 0 Å². The van der Waals surface area contributed by atoms with E-state index in [-0.39, 0.29) is 0 Å². The zero-order valence-corrected chi connectivity index (χ0v) is 7.74. The molecule has 0 aromatic heterocycles. The molecule has 2 rings (SSSR count). The molecule has 0 spiro atoms. The van der Waals surface area contributed by atoms with Crippen LogP contribution >= 0.6 is 0 Å². The standard InChI is InChI=1S/C10H15N3/c1-2-5-10(12-7-3-1)13-8-4-6-11-9-13/h1-3,7,11H,4-6,8-9H2. The van der Waals surface area contributed by atoms with Crippen molar-refractivity contribution in [3.05, 3.63) is 24.4 Å². The van der Waals surface area contributed by atoms with Gasteiger partial charge in [0.15, 0.2) is 0 Å². The van der Waals surface area contributed by atoms with Crippen LogP contribution in [0.3, 0.4) is 0 Å². The van der Waals surface area contributed by atoms with E-state index in [1.807, 2.05) is 18.4 Å². The van der Waals surface area contributed by atoms with Gasteiger partial charge in [-0.3, -0.25) is 5.32 Å². The molecule has 0 aromatic carbocycles. The number of hydrogen-bond donors (Lipinski definition) is 1. The van der Waals surface area contributed by atoms with Crippen molar-refractivity contribution < 1.29 is 0 Å². The molecular weight excluding hydrogens is 162 g/mol. The highest BCUT2D eigenvalue weighted by molar-refractivity contribution is 5.84. The zero-order valence-electron chi connectivity index (χ0n) is 7.74. The Morgan fingerprint density at radius 2 is 2.38 bits per heavy atom. The molecule has 0 saturated carbocycles. The summed E-state index contributed by atoms with van der Waals surface area (Å²) in [6.07, 6.45) is 10.2. The van der Waals surface area contributed by atoms with Gasteiger partial charge in [-0.25, -0.2) is 4.99 Å². The van der Waals surface area contributed by atoms with E-state index in [0.717, 1.165) is 26.2 Å². The Balaban J connectivity index is 2.01. The summed E-state index contributed by atoms with van der Waals surface area (Å²) in [5.74, 6) is 1.18. The maximum atomic E-state index is 4.41. The maximum absolute atomic E-state index is 4.41. The molecule has 3 heteroatoms. The Kier molecular flexibility index (Phi) is 2.77. The van der Waals surface area contributed by atoms with Crippen molar-refractivity contribution >= 4 is 5.84 Å². The topological polar surface area (TPSA) is 27.6 Å². The van der Waals surface area contributed by atoms with E-state index in [1.54, 1.807) is 0 Å². The number of rotatable bonds is 0. The number of hydrogen-bond acceptors (Lipinski definition) is 3. The number of amidine groups is 1. The second kappa shape index (κ2) is 4.23. The van der Waals surface area contributed by atoms with Crippen molar-refractivity contribution in [1.82, 2.24) is 10.2 Å². The van der Waals surface area contributed by atoms with E-state index in [9.17, 15) is 0 Å². The minimum absolute atomic E-state index is 0.945. The first kappa shape index (κ1) is 8.51. The molecule has 0 bridgehead atoms. The SMILES string of the molecule is C1=CCC(N2CCCNC2)=NC=C1. The van der Waals surface area contributed by atoms with Crippen LogP contribution < -0.4 is 5.32 Å². The quantitative estimate of drug-likeness (QED) is 0.600. The van der Waals surface area contributed by atoms with Crippen molar-refractivity contribution in [2.75, 3.05) is 19.8 Å². The average Bonchev–Trinajstić information content (AvgIpc) is 2.47. The van der Waals surface area contributed by atoms with Crippen LogP contribution in [0.1, 0.15) is 12.8 Å². The van der Waals surface area contributed by atoms with Gasteiger partial charge in [0.05, 0.1) is 6.67 Å². The van der Waals surface area contributed by atoms with Gasteiger partial charge in [0, 0.05) is 19.2 Å². The molecular formula is C10H15N3. The van der Waals surface area contributed by atoms with Crippen LogP contribution in [0.5, 0.6) is 0 Å². The van der Waals surface area contributed by atoms with Gasteiger partial charge in [0.1, 0.15) is 5.84 Å². The first-order valence-electron chi connectivity index (χ1n) is 4.81. The minimum Gasteiger partial charge on any atom is -0.347 e. The monoisotopic (exact) mass is 177 g/mol. The molecule has 1 saturated heterocycles. The molecule has 0 atom stereocenters. The summed E-state index contributed by atoms with van der Waals surface area (Å²) >= 11 is 0. The molecule has 2 aliphatic rings. The fourth-order valence-electron chi connectivity index (χ4n) is 1.60. The molecule has 1 fully saturated rings. The Bertz CT molecular complexity index is 247. The summed E-state index contributed by atoms with van der Waals surface area (Å²) in [7, 11) is 0. The van der Waals surface area contributed by atoms with Crippen LogP contribution in [0.4, 0.5) is 0 Å². The third-order valence-corrected chi connectivity index (χ3v) is 2.31. The summed E-state index contributed by atoms with van der Waals surface area (Å²) in [6, 6.07) is 0. The van der Waals surface area contributed by atoms with Gasteiger partial charge in [0.2, 0.25) is 0 Å². The smallest absolute Gasteiger partial charge is 0.109 e. The lowest BCUT2D eigenvalue weighted by molar-refractivity contribution is 0.321. The van der Waals surface area contributed by atoms with Crippen molar-refractivity contribution in [2.45, 2.75) is 12.8 Å². The van der Waals surface area contributed by atoms with Gasteiger partial charge in [-0.15, -0.1) is 0 Å². The molecule has 13 heavy (non-hydrogen) atoms. The molecule has 0 aliphatic carbocycles. The van der Waals surface area contributed by atoms with Gasteiger partial charge in [-0.05, 0) is 19.0 Å². The Morgan fingerprint density at radius 1 is 1.38 bits per heavy atom. The number of allylic oxidation sites excluding steroid dienone is 2. The molecule has 70 valence electrons. The summed E-state index contributed by atoms with van der Waals surface area (Å²) in [4.78, 5) is 6.72. The fraction of sp³-hybridized carbons (Fsp3) is 0.500. The van der Waals surface area contributed by atoms with E-state index in [2.05, 4.69) is 21.3 Å². The highest BCUT2D eigenvalue weighted by Crippen LogP contribution is 2.05. The van der Waals surface area contributed by atoms with Crippen molar-refractivity contribution in [2.24, 2.45) is 4.99 Å². The second-order valence-corrected chi connectivity index (χ2v) is 3.29. The third-order valence-electron chi connectivity index (χ3n) is 2.31. The number of aliphatic imine (C=N–C) groups is 1. The van der Waals surface area contributed by atoms with Crippen molar-refractivity contribution in [1.29, 1.82) is 0 Å².